The molecule has 0 saturated carbocycles. The highest BCUT2D eigenvalue weighted by molar-refractivity contribution is 7.99. The second-order valence-electron chi connectivity index (χ2n) is 3.07. The molecular formula is C12H13NO2S. The van der Waals surface area contributed by atoms with E-state index in [1.807, 2.05) is 6.07 Å². The molecule has 0 fully saturated rings. The summed E-state index contributed by atoms with van der Waals surface area (Å²) in [5, 5.41) is 11.9. The molecule has 0 aliphatic carbocycles. The number of aromatic carboxylic acids is 1. The van der Waals surface area contributed by atoms with Crippen molar-refractivity contribution in [2.75, 3.05) is 23.4 Å². The number of terminal acetylenes is 1. The second-order valence-corrected chi connectivity index (χ2v) is 4.17. The van der Waals surface area contributed by atoms with Crippen molar-refractivity contribution in [3.8, 4) is 12.3 Å². The molecule has 0 bridgehead atoms. The van der Waals surface area contributed by atoms with Gasteiger partial charge in [0.25, 0.3) is 0 Å². The van der Waals surface area contributed by atoms with Crippen LogP contribution >= 0.6 is 11.8 Å². The fourth-order valence-electron chi connectivity index (χ4n) is 1.16. The Bertz CT molecular complexity index is 398. The molecule has 16 heavy (non-hydrogen) atoms. The van der Waals surface area contributed by atoms with Crippen LogP contribution in [0.15, 0.2) is 24.3 Å². The van der Waals surface area contributed by atoms with Crippen LogP contribution in [-0.2, 0) is 0 Å². The van der Waals surface area contributed by atoms with Crippen LogP contribution in [0, 0.1) is 12.3 Å². The average Bonchev–Trinajstić information content (AvgIpc) is 2.29. The van der Waals surface area contributed by atoms with E-state index in [0.29, 0.717) is 11.3 Å². The molecule has 3 nitrogen and oxygen atoms in total. The van der Waals surface area contributed by atoms with Crippen LogP contribution in [0.2, 0.25) is 0 Å². The van der Waals surface area contributed by atoms with Gasteiger partial charge < -0.3 is 10.4 Å². The highest BCUT2D eigenvalue weighted by Gasteiger charge is 2.02. The lowest BCUT2D eigenvalue weighted by Gasteiger charge is -2.06. The fourth-order valence-corrected chi connectivity index (χ4v) is 1.67. The summed E-state index contributed by atoms with van der Waals surface area (Å²) in [5.41, 5.74) is 1.11. The van der Waals surface area contributed by atoms with E-state index in [1.54, 1.807) is 30.0 Å². The van der Waals surface area contributed by atoms with Gasteiger partial charge in [-0.15, -0.1) is 18.2 Å². The zero-order valence-corrected chi connectivity index (χ0v) is 9.59. The molecule has 0 saturated heterocycles. The highest BCUT2D eigenvalue weighted by Crippen LogP contribution is 2.10. The maximum absolute atomic E-state index is 10.7. The van der Waals surface area contributed by atoms with Crippen molar-refractivity contribution < 1.29 is 9.90 Å². The monoisotopic (exact) mass is 235 g/mol. The van der Waals surface area contributed by atoms with E-state index in [2.05, 4.69) is 11.2 Å². The van der Waals surface area contributed by atoms with Gasteiger partial charge in [-0.05, 0) is 18.2 Å². The van der Waals surface area contributed by atoms with Crippen molar-refractivity contribution in [3.63, 3.8) is 0 Å². The van der Waals surface area contributed by atoms with Crippen LogP contribution in [0.5, 0.6) is 0 Å². The van der Waals surface area contributed by atoms with Crippen LogP contribution in [-0.4, -0.2) is 29.1 Å². The van der Waals surface area contributed by atoms with Crippen LogP contribution in [0.4, 0.5) is 5.69 Å². The van der Waals surface area contributed by atoms with Crippen molar-refractivity contribution in [2.24, 2.45) is 0 Å². The normalized spacial score (nSPS) is 9.44. The molecule has 1 aromatic carbocycles. The van der Waals surface area contributed by atoms with Crippen LogP contribution in [0.25, 0.3) is 0 Å². The Kier molecular flexibility index (Phi) is 5.30. The Morgan fingerprint density at radius 2 is 2.38 bits per heavy atom. The average molecular weight is 235 g/mol. The summed E-state index contributed by atoms with van der Waals surface area (Å²) in [6.45, 7) is 0.773. The Hall–Kier alpha value is -1.60. The number of carboxylic acids is 1. The number of hydrogen-bond acceptors (Lipinski definition) is 3. The topological polar surface area (TPSA) is 49.3 Å². The number of thioether (sulfide) groups is 1. The molecule has 0 heterocycles. The SMILES string of the molecule is C#CCSCCNc1cccc(C(=O)O)c1. The fraction of sp³-hybridized carbons (Fsp3) is 0.250. The Labute approximate surface area is 99.2 Å². The van der Waals surface area contributed by atoms with Gasteiger partial charge in [0.1, 0.15) is 0 Å². The highest BCUT2D eigenvalue weighted by atomic mass is 32.2. The lowest BCUT2D eigenvalue weighted by atomic mass is 10.2. The first-order chi connectivity index (χ1) is 7.74. The van der Waals surface area contributed by atoms with Crippen LogP contribution in [0.1, 0.15) is 10.4 Å². The minimum atomic E-state index is -0.912. The van der Waals surface area contributed by atoms with E-state index >= 15 is 0 Å². The minimum absolute atomic E-state index is 0.293. The van der Waals surface area contributed by atoms with Gasteiger partial charge in [-0.2, -0.15) is 0 Å². The number of hydrogen-bond donors (Lipinski definition) is 2. The van der Waals surface area contributed by atoms with Gasteiger partial charge in [-0.3, -0.25) is 0 Å². The van der Waals surface area contributed by atoms with Crippen LogP contribution < -0.4 is 5.32 Å². The number of carbonyl (C=O) groups is 1. The minimum Gasteiger partial charge on any atom is -0.478 e. The van der Waals surface area contributed by atoms with Gasteiger partial charge in [0, 0.05) is 18.0 Å². The predicted octanol–water partition coefficient (Wildman–Crippen LogP) is 2.16. The third kappa shape index (κ3) is 4.28. The molecule has 0 aromatic heterocycles. The van der Waals surface area contributed by atoms with E-state index in [0.717, 1.165) is 18.0 Å². The number of anilines is 1. The summed E-state index contributed by atoms with van der Waals surface area (Å²) in [5.74, 6) is 3.25. The lowest BCUT2D eigenvalue weighted by Crippen LogP contribution is -2.05. The molecule has 0 aliphatic rings. The van der Waals surface area contributed by atoms with E-state index in [4.69, 9.17) is 11.5 Å². The molecule has 2 N–H and O–H groups in total. The molecular weight excluding hydrogens is 222 g/mol. The summed E-state index contributed by atoms with van der Waals surface area (Å²) in [6, 6.07) is 6.76. The zero-order chi connectivity index (χ0) is 11.8. The van der Waals surface area contributed by atoms with Gasteiger partial charge in [0.15, 0.2) is 0 Å². The van der Waals surface area contributed by atoms with Crippen molar-refractivity contribution in [1.82, 2.24) is 0 Å². The van der Waals surface area contributed by atoms with Crippen LogP contribution in [0.3, 0.4) is 0 Å². The first-order valence-electron chi connectivity index (χ1n) is 4.82. The van der Waals surface area contributed by atoms with E-state index in [-0.39, 0.29) is 0 Å². The number of benzene rings is 1. The third-order valence-electron chi connectivity index (χ3n) is 1.87. The molecule has 0 radical (unpaired) electrons. The third-order valence-corrected chi connectivity index (χ3v) is 2.73. The Morgan fingerprint density at radius 1 is 1.56 bits per heavy atom. The summed E-state index contributed by atoms with van der Waals surface area (Å²) >= 11 is 1.67. The first-order valence-corrected chi connectivity index (χ1v) is 5.98. The summed E-state index contributed by atoms with van der Waals surface area (Å²) in [7, 11) is 0. The Balaban J connectivity index is 2.39. The largest absolute Gasteiger partial charge is 0.478 e. The number of carboxylic acid groups (broad SMARTS) is 1. The maximum atomic E-state index is 10.7. The van der Waals surface area contributed by atoms with Crippen molar-refractivity contribution in [2.45, 2.75) is 0 Å². The van der Waals surface area contributed by atoms with E-state index < -0.39 is 5.97 Å². The van der Waals surface area contributed by atoms with Gasteiger partial charge in [-0.1, -0.05) is 12.0 Å². The number of nitrogens with one attached hydrogen (secondary N) is 1. The smallest absolute Gasteiger partial charge is 0.335 e. The van der Waals surface area contributed by atoms with Gasteiger partial charge >= 0.3 is 5.97 Å². The molecule has 84 valence electrons. The second kappa shape index (κ2) is 6.81. The van der Waals surface area contributed by atoms with Gasteiger partial charge in [0.2, 0.25) is 0 Å². The quantitative estimate of drug-likeness (QED) is 0.586. The van der Waals surface area contributed by atoms with E-state index in [1.165, 1.54) is 0 Å². The van der Waals surface area contributed by atoms with Crippen molar-refractivity contribution >= 4 is 23.4 Å². The molecule has 1 rings (SSSR count). The first kappa shape index (κ1) is 12.5. The molecule has 0 aliphatic heterocycles. The standard InChI is InChI=1S/C12H13NO2S/c1-2-7-16-8-6-13-11-5-3-4-10(9-11)12(14)15/h1,3-5,9,13H,6-8H2,(H,14,15). The molecule has 0 atom stereocenters. The molecule has 0 amide bonds. The van der Waals surface area contributed by atoms with Crippen molar-refractivity contribution in [3.05, 3.63) is 29.8 Å². The lowest BCUT2D eigenvalue weighted by molar-refractivity contribution is 0.0697. The molecule has 4 heteroatoms. The van der Waals surface area contributed by atoms with Gasteiger partial charge in [0.05, 0.1) is 11.3 Å². The summed E-state index contributed by atoms with van der Waals surface area (Å²) in [6.07, 6.45) is 5.12. The molecule has 1 aromatic rings. The maximum Gasteiger partial charge on any atom is 0.335 e. The van der Waals surface area contributed by atoms with Crippen molar-refractivity contribution in [1.29, 1.82) is 0 Å². The van der Waals surface area contributed by atoms with E-state index in [9.17, 15) is 4.79 Å². The Morgan fingerprint density at radius 3 is 3.06 bits per heavy atom. The molecule has 0 unspecified atom stereocenters. The summed E-state index contributed by atoms with van der Waals surface area (Å²) < 4.78 is 0. The predicted molar refractivity (Wildman–Crippen MR) is 68.0 cm³/mol. The number of rotatable bonds is 6. The summed E-state index contributed by atoms with van der Waals surface area (Å²) in [4.78, 5) is 10.7. The molecule has 0 spiro atoms. The zero-order valence-electron chi connectivity index (χ0n) is 8.77. The van der Waals surface area contributed by atoms with Gasteiger partial charge in [-0.25, -0.2) is 4.79 Å².